The molecule has 0 aliphatic carbocycles. The van der Waals surface area contributed by atoms with Crippen molar-refractivity contribution < 1.29 is 13.9 Å². The predicted octanol–water partition coefficient (Wildman–Crippen LogP) is 4.48. The van der Waals surface area contributed by atoms with Crippen LogP contribution in [0.3, 0.4) is 0 Å². The summed E-state index contributed by atoms with van der Waals surface area (Å²) < 4.78 is 23.9. The molecule has 0 bridgehead atoms. The summed E-state index contributed by atoms with van der Waals surface area (Å²) >= 11 is 11.7. The molecule has 2 rings (SSSR count). The minimum Gasteiger partial charge on any atom is -0.495 e. The number of nitrogen functional groups attached to an aromatic ring is 1. The van der Waals surface area contributed by atoms with Gasteiger partial charge in [0.1, 0.15) is 17.3 Å². The molecule has 0 amide bonds. The third kappa shape index (κ3) is 3.25. The lowest BCUT2D eigenvalue weighted by molar-refractivity contribution is 0.396. The van der Waals surface area contributed by atoms with Gasteiger partial charge in [-0.15, -0.1) is 0 Å². The molecule has 0 fully saturated rings. The van der Waals surface area contributed by atoms with Gasteiger partial charge in [0.2, 0.25) is 0 Å². The van der Waals surface area contributed by atoms with Crippen molar-refractivity contribution in [3.63, 3.8) is 0 Å². The van der Waals surface area contributed by atoms with Crippen molar-refractivity contribution in [1.29, 1.82) is 0 Å². The molecular formula is C14H13Cl2FN2O2. The number of nitrogens with one attached hydrogen (secondary N) is 1. The number of hydrogen-bond donors (Lipinski definition) is 2. The normalized spacial score (nSPS) is 10.3. The summed E-state index contributed by atoms with van der Waals surface area (Å²) in [4.78, 5) is 0. The number of benzene rings is 2. The fraction of sp³-hybridized carbons (Fsp3) is 0.143. The minimum atomic E-state index is -0.577. The summed E-state index contributed by atoms with van der Waals surface area (Å²) in [5.41, 5.74) is 7.00. The van der Waals surface area contributed by atoms with Crippen molar-refractivity contribution in [3.8, 4) is 11.5 Å². The molecule has 2 aromatic carbocycles. The highest BCUT2D eigenvalue weighted by atomic mass is 35.5. The predicted molar refractivity (Wildman–Crippen MR) is 83.7 cm³/mol. The first-order valence-corrected chi connectivity index (χ1v) is 6.65. The third-order valence-electron chi connectivity index (χ3n) is 2.84. The largest absolute Gasteiger partial charge is 0.495 e. The van der Waals surface area contributed by atoms with Gasteiger partial charge in [0.25, 0.3) is 0 Å². The number of methoxy groups -OCH3 is 2. The molecule has 0 saturated carbocycles. The van der Waals surface area contributed by atoms with Gasteiger partial charge in [-0.2, -0.15) is 0 Å². The second-order valence-electron chi connectivity index (χ2n) is 4.17. The van der Waals surface area contributed by atoms with Crippen molar-refractivity contribution in [2.24, 2.45) is 0 Å². The van der Waals surface area contributed by atoms with E-state index in [1.165, 1.54) is 26.4 Å². The van der Waals surface area contributed by atoms with Crippen LogP contribution in [0.1, 0.15) is 0 Å². The fourth-order valence-corrected chi connectivity index (χ4v) is 2.19. The molecule has 0 saturated heterocycles. The van der Waals surface area contributed by atoms with Crippen molar-refractivity contribution in [3.05, 3.63) is 40.1 Å². The molecule has 0 aromatic heterocycles. The van der Waals surface area contributed by atoms with Gasteiger partial charge in [0, 0.05) is 12.1 Å². The van der Waals surface area contributed by atoms with Crippen LogP contribution in [0.15, 0.2) is 24.3 Å². The molecule has 0 atom stereocenters. The molecule has 0 heterocycles. The van der Waals surface area contributed by atoms with Crippen LogP contribution in [0.4, 0.5) is 21.5 Å². The maximum absolute atomic E-state index is 13.5. The van der Waals surface area contributed by atoms with Crippen molar-refractivity contribution >= 4 is 40.3 Å². The maximum Gasteiger partial charge on any atom is 0.146 e. The van der Waals surface area contributed by atoms with E-state index in [0.717, 1.165) is 0 Å². The number of hydrogen-bond acceptors (Lipinski definition) is 4. The Hall–Kier alpha value is -1.85. The maximum atomic E-state index is 13.5. The van der Waals surface area contributed by atoms with Gasteiger partial charge in [0.15, 0.2) is 0 Å². The molecule has 4 nitrogen and oxygen atoms in total. The van der Waals surface area contributed by atoms with Gasteiger partial charge >= 0.3 is 0 Å². The van der Waals surface area contributed by atoms with Gasteiger partial charge in [-0.1, -0.05) is 23.2 Å². The molecule has 0 unspecified atom stereocenters. The van der Waals surface area contributed by atoms with Crippen LogP contribution in [0.25, 0.3) is 0 Å². The van der Waals surface area contributed by atoms with Crippen LogP contribution in [0.5, 0.6) is 11.5 Å². The highest BCUT2D eigenvalue weighted by molar-refractivity contribution is 6.32. The van der Waals surface area contributed by atoms with E-state index < -0.39 is 5.82 Å². The molecule has 0 radical (unpaired) electrons. The van der Waals surface area contributed by atoms with E-state index in [4.69, 9.17) is 38.4 Å². The second-order valence-corrected chi connectivity index (χ2v) is 4.98. The molecule has 112 valence electrons. The van der Waals surface area contributed by atoms with Crippen molar-refractivity contribution in [1.82, 2.24) is 0 Å². The van der Waals surface area contributed by atoms with Gasteiger partial charge in [0.05, 0.1) is 41.3 Å². The van der Waals surface area contributed by atoms with E-state index >= 15 is 0 Å². The van der Waals surface area contributed by atoms with Crippen LogP contribution in [-0.4, -0.2) is 14.2 Å². The van der Waals surface area contributed by atoms with Gasteiger partial charge in [-0.05, 0) is 12.1 Å². The Bertz CT molecular complexity index is 681. The molecule has 3 N–H and O–H groups in total. The van der Waals surface area contributed by atoms with Crippen LogP contribution >= 0.6 is 23.2 Å². The summed E-state index contributed by atoms with van der Waals surface area (Å²) in [6.45, 7) is 0. The number of halogens is 3. The first-order chi connectivity index (χ1) is 9.96. The van der Waals surface area contributed by atoms with Gasteiger partial charge in [-0.3, -0.25) is 0 Å². The highest BCUT2D eigenvalue weighted by Gasteiger charge is 2.13. The van der Waals surface area contributed by atoms with Crippen LogP contribution in [0, 0.1) is 5.82 Å². The number of rotatable bonds is 4. The third-order valence-corrected chi connectivity index (χ3v) is 3.42. The lowest BCUT2D eigenvalue weighted by atomic mass is 10.2. The summed E-state index contributed by atoms with van der Waals surface area (Å²) in [7, 11) is 3.00. The van der Waals surface area contributed by atoms with Gasteiger partial charge in [-0.25, -0.2) is 4.39 Å². The average molecular weight is 331 g/mol. The Morgan fingerprint density at radius 1 is 0.952 bits per heavy atom. The SMILES string of the molecule is COc1cc(OC)c(Nc2cc(F)c(Cl)cc2N)cc1Cl. The Kier molecular flexibility index (Phi) is 4.65. The molecule has 2 aromatic rings. The van der Waals surface area contributed by atoms with Crippen LogP contribution in [-0.2, 0) is 0 Å². The zero-order chi connectivity index (χ0) is 15.6. The number of anilines is 3. The molecule has 0 aliphatic heterocycles. The topological polar surface area (TPSA) is 56.5 Å². The Balaban J connectivity index is 2.44. The standard InChI is InChI=1S/C14H13Cl2FN2O2/c1-20-13-6-14(21-2)12(4-8(13)16)19-11-5-9(17)7(15)3-10(11)18/h3-6,19H,18H2,1-2H3. The van der Waals surface area contributed by atoms with Crippen molar-refractivity contribution in [2.45, 2.75) is 0 Å². The quantitative estimate of drug-likeness (QED) is 0.812. The first kappa shape index (κ1) is 15.5. The average Bonchev–Trinajstić information content (AvgIpc) is 2.45. The summed E-state index contributed by atoms with van der Waals surface area (Å²) in [5, 5.41) is 3.30. The van der Waals surface area contributed by atoms with E-state index in [0.29, 0.717) is 33.6 Å². The fourth-order valence-electron chi connectivity index (χ4n) is 1.77. The van der Waals surface area contributed by atoms with E-state index in [1.807, 2.05) is 0 Å². The monoisotopic (exact) mass is 330 g/mol. The summed E-state index contributed by atoms with van der Waals surface area (Å²) in [6.07, 6.45) is 0. The second kappa shape index (κ2) is 6.28. The van der Waals surface area contributed by atoms with Crippen LogP contribution < -0.4 is 20.5 Å². The van der Waals surface area contributed by atoms with E-state index in [9.17, 15) is 4.39 Å². The smallest absolute Gasteiger partial charge is 0.146 e. The zero-order valence-electron chi connectivity index (χ0n) is 11.3. The lowest BCUT2D eigenvalue weighted by Gasteiger charge is -2.15. The summed E-state index contributed by atoms with van der Waals surface area (Å²) in [6, 6.07) is 5.75. The minimum absolute atomic E-state index is 0.0437. The first-order valence-electron chi connectivity index (χ1n) is 5.89. The molecular weight excluding hydrogens is 318 g/mol. The van der Waals surface area contributed by atoms with E-state index in [-0.39, 0.29) is 5.02 Å². The van der Waals surface area contributed by atoms with Crippen LogP contribution in [0.2, 0.25) is 10.0 Å². The molecule has 0 spiro atoms. The Labute approximate surface area is 131 Å². The zero-order valence-corrected chi connectivity index (χ0v) is 12.8. The lowest BCUT2D eigenvalue weighted by Crippen LogP contribution is -2.00. The molecule has 0 aliphatic rings. The van der Waals surface area contributed by atoms with E-state index in [1.54, 1.807) is 12.1 Å². The van der Waals surface area contributed by atoms with Gasteiger partial charge < -0.3 is 20.5 Å². The molecule has 21 heavy (non-hydrogen) atoms. The summed E-state index contributed by atoms with van der Waals surface area (Å²) in [5.74, 6) is 0.368. The Morgan fingerprint density at radius 2 is 1.62 bits per heavy atom. The number of ether oxygens (including phenoxy) is 2. The Morgan fingerprint density at radius 3 is 2.24 bits per heavy atom. The molecule has 7 heteroatoms. The number of nitrogens with two attached hydrogens (primary N) is 1. The highest BCUT2D eigenvalue weighted by Crippen LogP contribution is 2.38. The van der Waals surface area contributed by atoms with E-state index in [2.05, 4.69) is 5.32 Å². The van der Waals surface area contributed by atoms with Crippen molar-refractivity contribution in [2.75, 3.05) is 25.3 Å².